The zero-order chi connectivity index (χ0) is 26.3. The minimum Gasteiger partial charge on any atom is -0.465 e. The van der Waals surface area contributed by atoms with E-state index in [1.54, 1.807) is 0 Å². The maximum Gasteiger partial charge on any atom is 0.330 e. The van der Waals surface area contributed by atoms with Crippen LogP contribution in [0.2, 0.25) is 0 Å². The molecule has 0 spiro atoms. The second kappa shape index (κ2) is 12.6. The summed E-state index contributed by atoms with van der Waals surface area (Å²) in [6.45, 7) is 11.7. The number of hydrogen-bond acceptors (Lipinski definition) is 6. The van der Waals surface area contributed by atoms with Gasteiger partial charge in [0.1, 0.15) is 5.75 Å². The number of carbonyl (C=O) groups excluding carboxylic acids is 3. The molecule has 0 atom stereocenters. The fraction of sp³-hybridized carbons (Fsp3) is 0.633. The molecule has 0 bridgehead atoms. The number of esters is 3. The van der Waals surface area contributed by atoms with Gasteiger partial charge < -0.3 is 14.2 Å². The van der Waals surface area contributed by atoms with Crippen molar-refractivity contribution in [2.45, 2.75) is 79.1 Å². The number of benzene rings is 1. The van der Waals surface area contributed by atoms with Crippen molar-refractivity contribution in [2.24, 2.45) is 29.1 Å². The Morgan fingerprint density at radius 1 is 0.833 bits per heavy atom. The lowest BCUT2D eigenvalue weighted by molar-refractivity contribution is -0.156. The van der Waals surface area contributed by atoms with Crippen LogP contribution in [0.25, 0.3) is 0 Å². The van der Waals surface area contributed by atoms with E-state index < -0.39 is 11.4 Å². The van der Waals surface area contributed by atoms with Crippen LogP contribution in [0.3, 0.4) is 0 Å². The molecule has 0 radical (unpaired) electrons. The molecule has 198 valence electrons. The molecule has 2 aliphatic carbocycles. The molecular weight excluding hydrogens is 456 g/mol. The molecule has 2 fully saturated rings. The average molecular weight is 499 g/mol. The second-order valence-electron chi connectivity index (χ2n) is 11.5. The standard InChI is InChI=1S/C30H42O6/c1-6-27(31)34-18-30(4,5)19-35-28(32)24-12-8-22(9-13-24)23-10-14-25(15-11-23)29(33)36-26-16-7-20(2)21(3)17-26/h6-7,16-17,22-25H,1,8-15,18-19H2,2-5H3. The maximum absolute atomic E-state index is 12.7. The predicted octanol–water partition coefficient (Wildman–Crippen LogP) is 6.12. The molecule has 0 N–H and O–H groups in total. The van der Waals surface area contributed by atoms with E-state index in [4.69, 9.17) is 14.2 Å². The minimum absolute atomic E-state index is 0.0247. The highest BCUT2D eigenvalue weighted by Gasteiger charge is 2.36. The third-order valence-corrected chi connectivity index (χ3v) is 7.95. The van der Waals surface area contributed by atoms with Crippen LogP contribution < -0.4 is 4.74 Å². The first-order valence-electron chi connectivity index (χ1n) is 13.3. The number of rotatable bonds is 9. The van der Waals surface area contributed by atoms with Gasteiger partial charge in [0.25, 0.3) is 0 Å². The predicted molar refractivity (Wildman–Crippen MR) is 138 cm³/mol. The molecule has 6 heteroatoms. The molecule has 1 aromatic rings. The van der Waals surface area contributed by atoms with Gasteiger partial charge in [-0.15, -0.1) is 0 Å². The molecule has 6 nitrogen and oxygen atoms in total. The van der Waals surface area contributed by atoms with Crippen molar-refractivity contribution in [3.63, 3.8) is 0 Å². The Morgan fingerprint density at radius 3 is 1.89 bits per heavy atom. The van der Waals surface area contributed by atoms with Gasteiger partial charge in [0, 0.05) is 11.5 Å². The molecule has 0 aliphatic heterocycles. The molecule has 1 aromatic carbocycles. The number of aryl methyl sites for hydroxylation is 2. The van der Waals surface area contributed by atoms with Crippen LogP contribution in [0, 0.1) is 42.9 Å². The van der Waals surface area contributed by atoms with E-state index in [-0.39, 0.29) is 37.0 Å². The van der Waals surface area contributed by atoms with Crippen LogP contribution in [0.5, 0.6) is 5.75 Å². The Morgan fingerprint density at radius 2 is 1.36 bits per heavy atom. The summed E-state index contributed by atoms with van der Waals surface area (Å²) in [6, 6.07) is 5.79. The third-order valence-electron chi connectivity index (χ3n) is 7.95. The first-order chi connectivity index (χ1) is 17.1. The van der Waals surface area contributed by atoms with Crippen molar-refractivity contribution >= 4 is 17.9 Å². The van der Waals surface area contributed by atoms with E-state index in [1.807, 2.05) is 45.9 Å². The van der Waals surface area contributed by atoms with Crippen molar-refractivity contribution in [3.8, 4) is 5.75 Å². The quantitative estimate of drug-likeness (QED) is 0.232. The first kappa shape index (κ1) is 27.9. The average Bonchev–Trinajstić information content (AvgIpc) is 2.88. The molecule has 2 saturated carbocycles. The van der Waals surface area contributed by atoms with E-state index >= 15 is 0 Å². The molecule has 2 aliphatic rings. The molecule has 0 amide bonds. The van der Waals surface area contributed by atoms with Gasteiger partial charge in [-0.05, 0) is 100 Å². The van der Waals surface area contributed by atoms with Gasteiger partial charge in [-0.1, -0.05) is 26.5 Å². The van der Waals surface area contributed by atoms with E-state index in [0.717, 1.165) is 63.0 Å². The molecule has 0 saturated heterocycles. The summed E-state index contributed by atoms with van der Waals surface area (Å²) in [7, 11) is 0. The molecular formula is C30H42O6. The number of ether oxygens (including phenoxy) is 3. The highest BCUT2D eigenvalue weighted by atomic mass is 16.5. The first-order valence-corrected chi connectivity index (χ1v) is 13.3. The lowest BCUT2D eigenvalue weighted by Crippen LogP contribution is -2.33. The Kier molecular flexibility index (Phi) is 9.75. The molecule has 36 heavy (non-hydrogen) atoms. The zero-order valence-electron chi connectivity index (χ0n) is 22.3. The van der Waals surface area contributed by atoms with Crippen LogP contribution >= 0.6 is 0 Å². The van der Waals surface area contributed by atoms with Crippen LogP contribution in [-0.4, -0.2) is 31.1 Å². The van der Waals surface area contributed by atoms with Gasteiger partial charge in [0.15, 0.2) is 0 Å². The Balaban J connectivity index is 1.37. The van der Waals surface area contributed by atoms with Gasteiger partial charge in [0.2, 0.25) is 0 Å². The van der Waals surface area contributed by atoms with Gasteiger partial charge in [-0.25, -0.2) is 4.79 Å². The SMILES string of the molecule is C=CC(=O)OCC(C)(C)COC(=O)C1CCC(C2CCC(C(=O)Oc3ccc(C)c(C)c3)CC2)CC1. The summed E-state index contributed by atoms with van der Waals surface area (Å²) in [5.41, 5.74) is 1.87. The van der Waals surface area contributed by atoms with Gasteiger partial charge in [-0.2, -0.15) is 0 Å². The third kappa shape index (κ3) is 7.94. The monoisotopic (exact) mass is 498 g/mol. The lowest BCUT2D eigenvalue weighted by Gasteiger charge is -2.37. The zero-order valence-corrected chi connectivity index (χ0v) is 22.3. The fourth-order valence-corrected chi connectivity index (χ4v) is 5.38. The normalized spacial score (nSPS) is 24.4. The van der Waals surface area contributed by atoms with E-state index in [1.165, 1.54) is 5.56 Å². The summed E-state index contributed by atoms with van der Waals surface area (Å²) in [5, 5.41) is 0. The van der Waals surface area contributed by atoms with Crippen molar-refractivity contribution in [1.29, 1.82) is 0 Å². The number of carbonyl (C=O) groups is 3. The van der Waals surface area contributed by atoms with Gasteiger partial charge >= 0.3 is 17.9 Å². The smallest absolute Gasteiger partial charge is 0.330 e. The van der Waals surface area contributed by atoms with Crippen molar-refractivity contribution < 1.29 is 28.6 Å². The second-order valence-corrected chi connectivity index (χ2v) is 11.5. The van der Waals surface area contributed by atoms with Crippen molar-refractivity contribution in [3.05, 3.63) is 42.0 Å². The maximum atomic E-state index is 12.7. The molecule has 0 aromatic heterocycles. The summed E-state index contributed by atoms with van der Waals surface area (Å²) >= 11 is 0. The van der Waals surface area contributed by atoms with Crippen LogP contribution in [0.1, 0.15) is 76.3 Å². The lowest BCUT2D eigenvalue weighted by atomic mass is 9.69. The Hall–Kier alpha value is -2.63. The van der Waals surface area contributed by atoms with Crippen LogP contribution in [0.15, 0.2) is 30.9 Å². The molecule has 0 unspecified atom stereocenters. The van der Waals surface area contributed by atoms with Crippen LogP contribution in [0.4, 0.5) is 0 Å². The molecule has 0 heterocycles. The van der Waals surface area contributed by atoms with Crippen molar-refractivity contribution in [1.82, 2.24) is 0 Å². The summed E-state index contributed by atoms with van der Waals surface area (Å²) < 4.78 is 16.4. The Bertz CT molecular complexity index is 933. The number of hydrogen-bond donors (Lipinski definition) is 0. The van der Waals surface area contributed by atoms with Gasteiger partial charge in [0.05, 0.1) is 25.0 Å². The summed E-state index contributed by atoms with van der Waals surface area (Å²) in [4.78, 5) is 36.6. The minimum atomic E-state index is -0.472. The van der Waals surface area contributed by atoms with Crippen LogP contribution in [-0.2, 0) is 23.9 Å². The summed E-state index contributed by atoms with van der Waals surface area (Å²) in [5.74, 6) is 1.06. The van der Waals surface area contributed by atoms with Crippen molar-refractivity contribution in [2.75, 3.05) is 13.2 Å². The highest BCUT2D eigenvalue weighted by Crippen LogP contribution is 2.42. The van der Waals surface area contributed by atoms with Gasteiger partial charge in [-0.3, -0.25) is 9.59 Å². The summed E-state index contributed by atoms with van der Waals surface area (Å²) in [6.07, 6.45) is 8.74. The highest BCUT2D eigenvalue weighted by molar-refractivity contribution is 5.81. The largest absolute Gasteiger partial charge is 0.465 e. The van der Waals surface area contributed by atoms with E-state index in [2.05, 4.69) is 6.58 Å². The Labute approximate surface area is 215 Å². The topological polar surface area (TPSA) is 78.9 Å². The van der Waals surface area contributed by atoms with E-state index in [9.17, 15) is 14.4 Å². The fourth-order valence-electron chi connectivity index (χ4n) is 5.38. The molecule has 3 rings (SSSR count). The van der Waals surface area contributed by atoms with E-state index in [0.29, 0.717) is 17.6 Å².